The number of rotatable bonds is 5. The average Bonchev–Trinajstić information content (AvgIpc) is 2.87. The maximum Gasteiger partial charge on any atom is 0.327 e. The summed E-state index contributed by atoms with van der Waals surface area (Å²) in [6.45, 7) is 1.84. The van der Waals surface area contributed by atoms with Gasteiger partial charge in [0, 0.05) is 5.75 Å². The fraction of sp³-hybridized carbons (Fsp3) is 0.467. The number of carboxylic acids is 1. The number of amides is 1. The summed E-state index contributed by atoms with van der Waals surface area (Å²) < 4.78 is 0. The molecule has 3 N–H and O–H groups in total. The maximum absolute atomic E-state index is 12.4. The van der Waals surface area contributed by atoms with Crippen LogP contribution in [0.1, 0.15) is 18.9 Å². The summed E-state index contributed by atoms with van der Waals surface area (Å²) in [6, 6.07) is 8.39. The molecule has 1 fully saturated rings. The van der Waals surface area contributed by atoms with Gasteiger partial charge < -0.3 is 15.7 Å². The summed E-state index contributed by atoms with van der Waals surface area (Å²) in [5.41, 5.74) is 7.10. The van der Waals surface area contributed by atoms with Gasteiger partial charge in [-0.3, -0.25) is 4.79 Å². The van der Waals surface area contributed by atoms with Crippen molar-refractivity contribution in [2.75, 3.05) is 5.75 Å². The van der Waals surface area contributed by atoms with Crippen molar-refractivity contribution in [1.82, 2.24) is 4.90 Å². The van der Waals surface area contributed by atoms with E-state index in [1.165, 1.54) is 16.7 Å². The number of hydrogen-bond donors (Lipinski definition) is 2. The molecule has 0 bridgehead atoms. The molecule has 0 aromatic heterocycles. The third-order valence-electron chi connectivity index (χ3n) is 3.67. The van der Waals surface area contributed by atoms with E-state index in [0.29, 0.717) is 18.6 Å². The summed E-state index contributed by atoms with van der Waals surface area (Å²) in [5, 5.41) is 9.05. The lowest BCUT2D eigenvalue weighted by Gasteiger charge is -2.27. The summed E-state index contributed by atoms with van der Waals surface area (Å²) in [6.07, 6.45) is 1.23. The van der Waals surface area contributed by atoms with E-state index >= 15 is 0 Å². The first-order valence-electron chi connectivity index (χ1n) is 6.97. The molecular weight excluding hydrogens is 288 g/mol. The molecule has 1 saturated heterocycles. The van der Waals surface area contributed by atoms with Crippen LogP contribution >= 0.6 is 11.8 Å². The van der Waals surface area contributed by atoms with Crippen LogP contribution in [0, 0.1) is 0 Å². The minimum absolute atomic E-state index is 0.138. The lowest BCUT2D eigenvalue weighted by molar-refractivity contribution is -0.149. The molecule has 6 heteroatoms. The summed E-state index contributed by atoms with van der Waals surface area (Å²) >= 11 is 1.47. The smallest absolute Gasteiger partial charge is 0.327 e. The maximum atomic E-state index is 12.4. The molecule has 21 heavy (non-hydrogen) atoms. The molecule has 0 radical (unpaired) electrons. The topological polar surface area (TPSA) is 83.6 Å². The molecule has 1 amide bonds. The largest absolute Gasteiger partial charge is 0.480 e. The highest BCUT2D eigenvalue weighted by Gasteiger charge is 2.40. The lowest BCUT2D eigenvalue weighted by atomic mass is 10.0. The fourth-order valence-electron chi connectivity index (χ4n) is 2.45. The molecular formula is C15H20N2O3S. The van der Waals surface area contributed by atoms with Crippen molar-refractivity contribution >= 4 is 23.6 Å². The predicted octanol–water partition coefficient (Wildman–Crippen LogP) is 1.32. The van der Waals surface area contributed by atoms with E-state index in [9.17, 15) is 14.7 Å². The summed E-state index contributed by atoms with van der Waals surface area (Å²) in [7, 11) is 0. The van der Waals surface area contributed by atoms with Gasteiger partial charge in [-0.25, -0.2) is 4.79 Å². The van der Waals surface area contributed by atoms with Crippen LogP contribution < -0.4 is 5.73 Å². The quantitative estimate of drug-likeness (QED) is 0.857. The van der Waals surface area contributed by atoms with Crippen LogP contribution in [0.15, 0.2) is 30.3 Å². The Balaban J connectivity index is 1.96. The second-order valence-corrected chi connectivity index (χ2v) is 6.51. The minimum atomic E-state index is -0.963. The van der Waals surface area contributed by atoms with Crippen molar-refractivity contribution in [1.29, 1.82) is 0 Å². The van der Waals surface area contributed by atoms with E-state index in [4.69, 9.17) is 5.73 Å². The Hall–Kier alpha value is -1.53. The van der Waals surface area contributed by atoms with Gasteiger partial charge in [0.25, 0.3) is 0 Å². The van der Waals surface area contributed by atoms with Gasteiger partial charge in [-0.2, -0.15) is 0 Å². The fourth-order valence-corrected chi connectivity index (χ4v) is 3.62. The van der Waals surface area contributed by atoms with Crippen molar-refractivity contribution in [2.45, 2.75) is 37.2 Å². The number of hydrogen-bond acceptors (Lipinski definition) is 4. The highest BCUT2D eigenvalue weighted by Crippen LogP contribution is 2.29. The molecule has 1 aromatic carbocycles. The molecule has 2 unspecified atom stereocenters. The SMILES string of the molecule is CC1SCC(C(=O)O)N1C(=O)[C@@H](N)CCc1ccccc1. The number of thioether (sulfide) groups is 1. The van der Waals surface area contributed by atoms with Crippen molar-refractivity contribution in [3.8, 4) is 0 Å². The molecule has 1 aliphatic rings. The highest BCUT2D eigenvalue weighted by molar-refractivity contribution is 8.00. The third kappa shape index (κ3) is 3.77. The van der Waals surface area contributed by atoms with Gasteiger partial charge in [0.15, 0.2) is 0 Å². The standard InChI is InChI=1S/C15H20N2O3S/c1-10-17(13(9-21-10)15(19)20)14(18)12(16)8-7-11-5-3-2-4-6-11/h2-6,10,12-13H,7-9,16H2,1H3,(H,19,20)/t10?,12-,13?/m0/s1. The average molecular weight is 308 g/mol. The summed E-state index contributed by atoms with van der Waals surface area (Å²) in [5.74, 6) is -0.806. The van der Waals surface area contributed by atoms with Crippen molar-refractivity contribution in [3.63, 3.8) is 0 Å². The molecule has 114 valence electrons. The van der Waals surface area contributed by atoms with Crippen LogP contribution in [-0.2, 0) is 16.0 Å². The van der Waals surface area contributed by atoms with E-state index in [-0.39, 0.29) is 11.3 Å². The molecule has 1 heterocycles. The molecule has 1 aromatic rings. The number of nitrogens with two attached hydrogens (primary N) is 1. The first-order valence-corrected chi connectivity index (χ1v) is 8.01. The first-order chi connectivity index (χ1) is 10.0. The second kappa shape index (κ2) is 6.95. The van der Waals surface area contributed by atoms with E-state index in [0.717, 1.165) is 5.56 Å². The Kier molecular flexibility index (Phi) is 5.25. The number of carbonyl (C=O) groups is 2. The first kappa shape index (κ1) is 15.9. The summed E-state index contributed by atoms with van der Waals surface area (Å²) in [4.78, 5) is 25.1. The molecule has 2 rings (SSSR count). The lowest BCUT2D eigenvalue weighted by Crippen LogP contribution is -2.51. The molecule has 3 atom stereocenters. The minimum Gasteiger partial charge on any atom is -0.480 e. The molecule has 0 saturated carbocycles. The number of aryl methyl sites for hydroxylation is 1. The van der Waals surface area contributed by atoms with Crippen LogP contribution in [-0.4, -0.2) is 45.1 Å². The monoisotopic (exact) mass is 308 g/mol. The zero-order valence-electron chi connectivity index (χ0n) is 11.9. The van der Waals surface area contributed by atoms with Gasteiger partial charge in [-0.15, -0.1) is 11.8 Å². The van der Waals surface area contributed by atoms with Gasteiger partial charge >= 0.3 is 5.97 Å². The molecule has 5 nitrogen and oxygen atoms in total. The van der Waals surface area contributed by atoms with Gasteiger partial charge in [0.2, 0.25) is 5.91 Å². The van der Waals surface area contributed by atoms with Gasteiger partial charge in [-0.05, 0) is 25.3 Å². The molecule has 0 spiro atoms. The van der Waals surface area contributed by atoms with Gasteiger partial charge in [0.05, 0.1) is 11.4 Å². The Bertz CT molecular complexity index is 509. The Morgan fingerprint density at radius 2 is 2.10 bits per heavy atom. The zero-order valence-corrected chi connectivity index (χ0v) is 12.8. The Labute approximate surface area is 128 Å². The van der Waals surface area contributed by atoms with Gasteiger partial charge in [0.1, 0.15) is 6.04 Å². The van der Waals surface area contributed by atoms with E-state index in [1.807, 2.05) is 37.3 Å². The van der Waals surface area contributed by atoms with Crippen LogP contribution in [0.3, 0.4) is 0 Å². The van der Waals surface area contributed by atoms with E-state index in [2.05, 4.69) is 0 Å². The number of nitrogens with zero attached hydrogens (tertiary/aromatic N) is 1. The molecule has 0 aliphatic carbocycles. The highest BCUT2D eigenvalue weighted by atomic mass is 32.2. The second-order valence-electron chi connectivity index (χ2n) is 5.16. The van der Waals surface area contributed by atoms with Crippen LogP contribution in [0.25, 0.3) is 0 Å². The van der Waals surface area contributed by atoms with Crippen LogP contribution in [0.5, 0.6) is 0 Å². The predicted molar refractivity (Wildman–Crippen MR) is 82.9 cm³/mol. The van der Waals surface area contributed by atoms with Crippen LogP contribution in [0.4, 0.5) is 0 Å². The van der Waals surface area contributed by atoms with Crippen LogP contribution in [0.2, 0.25) is 0 Å². The Morgan fingerprint density at radius 3 is 2.71 bits per heavy atom. The van der Waals surface area contributed by atoms with E-state index in [1.54, 1.807) is 0 Å². The van der Waals surface area contributed by atoms with Crippen molar-refractivity contribution in [3.05, 3.63) is 35.9 Å². The number of carbonyl (C=O) groups excluding carboxylic acids is 1. The number of aliphatic carboxylic acids is 1. The van der Waals surface area contributed by atoms with E-state index < -0.39 is 18.1 Å². The number of carboxylic acid groups (broad SMARTS) is 1. The van der Waals surface area contributed by atoms with Crippen molar-refractivity contribution in [2.24, 2.45) is 5.73 Å². The normalized spacial score (nSPS) is 23.0. The third-order valence-corrected chi connectivity index (χ3v) is 4.88. The van der Waals surface area contributed by atoms with Gasteiger partial charge in [-0.1, -0.05) is 30.3 Å². The van der Waals surface area contributed by atoms with Crippen molar-refractivity contribution < 1.29 is 14.7 Å². The number of benzene rings is 1. The Morgan fingerprint density at radius 1 is 1.43 bits per heavy atom. The molecule has 1 aliphatic heterocycles. The zero-order chi connectivity index (χ0) is 15.4.